The summed E-state index contributed by atoms with van der Waals surface area (Å²) in [6, 6.07) is 8.03. The Morgan fingerprint density at radius 2 is 2.08 bits per heavy atom. The lowest BCUT2D eigenvalue weighted by Crippen LogP contribution is -2.29. The van der Waals surface area contributed by atoms with Gasteiger partial charge >= 0.3 is 0 Å². The molecule has 0 spiro atoms. The van der Waals surface area contributed by atoms with Crippen LogP contribution in [0.5, 0.6) is 5.75 Å². The van der Waals surface area contributed by atoms with Gasteiger partial charge in [-0.15, -0.1) is 0 Å². The molecule has 0 bridgehead atoms. The maximum Gasteiger partial charge on any atom is 0.220 e. The van der Waals surface area contributed by atoms with E-state index in [0.29, 0.717) is 19.6 Å². The van der Waals surface area contributed by atoms with Crippen LogP contribution in [0, 0.1) is 0 Å². The first kappa shape index (κ1) is 18.5. The average Bonchev–Trinajstić information content (AvgIpc) is 2.63. The van der Waals surface area contributed by atoms with Gasteiger partial charge in [-0.3, -0.25) is 4.79 Å². The van der Waals surface area contributed by atoms with Crippen LogP contribution >= 0.6 is 0 Å². The van der Waals surface area contributed by atoms with Crippen LogP contribution in [0.2, 0.25) is 0 Å². The van der Waals surface area contributed by atoms with Crippen LogP contribution in [-0.4, -0.2) is 45.9 Å². The van der Waals surface area contributed by atoms with E-state index in [9.17, 15) is 4.79 Å². The fraction of sp³-hybridized carbons (Fsp3) is 0.526. The van der Waals surface area contributed by atoms with E-state index in [1.54, 1.807) is 7.11 Å². The molecule has 1 aromatic carbocycles. The highest BCUT2D eigenvalue weighted by Crippen LogP contribution is 2.13. The third-order valence-corrected chi connectivity index (χ3v) is 4.01. The van der Waals surface area contributed by atoms with Gasteiger partial charge in [-0.05, 0) is 43.5 Å². The zero-order chi connectivity index (χ0) is 17.0. The van der Waals surface area contributed by atoms with Gasteiger partial charge in [-0.1, -0.05) is 23.8 Å². The third-order valence-electron chi connectivity index (χ3n) is 4.01. The summed E-state index contributed by atoms with van der Waals surface area (Å²) >= 11 is 0. The molecule has 5 heteroatoms. The van der Waals surface area contributed by atoms with Gasteiger partial charge in [0.2, 0.25) is 5.91 Å². The normalized spacial score (nSPS) is 14.1. The minimum absolute atomic E-state index is 0.0907. The monoisotopic (exact) mass is 332 g/mol. The third kappa shape index (κ3) is 7.15. The second kappa shape index (κ2) is 10.8. The summed E-state index contributed by atoms with van der Waals surface area (Å²) in [5.74, 6) is 0.935. The second-order valence-electron chi connectivity index (χ2n) is 5.93. The maximum atomic E-state index is 11.8. The maximum absolute atomic E-state index is 11.8. The molecule has 1 aromatic rings. The van der Waals surface area contributed by atoms with Gasteiger partial charge in [-0.2, -0.15) is 0 Å². The predicted octanol–water partition coefficient (Wildman–Crippen LogP) is 2.07. The minimum atomic E-state index is 0.0907. The minimum Gasteiger partial charge on any atom is -0.494 e. The number of amides is 1. The van der Waals surface area contributed by atoms with Crippen molar-refractivity contribution in [1.82, 2.24) is 10.6 Å². The fourth-order valence-corrected chi connectivity index (χ4v) is 2.53. The molecule has 0 saturated heterocycles. The molecule has 0 atom stereocenters. The highest BCUT2D eigenvalue weighted by atomic mass is 16.5. The van der Waals surface area contributed by atoms with Crippen molar-refractivity contribution in [3.05, 3.63) is 41.5 Å². The Balaban J connectivity index is 1.56. The van der Waals surface area contributed by atoms with Crippen molar-refractivity contribution in [1.29, 1.82) is 0 Å². The first-order valence-electron chi connectivity index (χ1n) is 8.64. The first-order chi connectivity index (χ1) is 11.8. The van der Waals surface area contributed by atoms with E-state index in [1.807, 2.05) is 24.3 Å². The van der Waals surface area contributed by atoms with Crippen molar-refractivity contribution in [2.45, 2.75) is 25.7 Å². The van der Waals surface area contributed by atoms with E-state index in [2.05, 4.69) is 16.7 Å². The topological polar surface area (TPSA) is 59.6 Å². The standard InChI is InChI=1S/C19H28N2O3/c1-23-14-10-16-4-6-18(7-5-16)24-13-2-3-19(22)21-15-17-8-11-20-12-9-17/h4-8,20H,2-3,9-15H2,1H3,(H,21,22). The lowest BCUT2D eigenvalue weighted by atomic mass is 10.1. The molecular weight excluding hydrogens is 304 g/mol. The van der Waals surface area contributed by atoms with Crippen molar-refractivity contribution in [2.24, 2.45) is 0 Å². The first-order valence-corrected chi connectivity index (χ1v) is 8.64. The number of benzene rings is 1. The van der Waals surface area contributed by atoms with E-state index >= 15 is 0 Å². The van der Waals surface area contributed by atoms with Crippen molar-refractivity contribution >= 4 is 5.91 Å². The van der Waals surface area contributed by atoms with Crippen LogP contribution in [-0.2, 0) is 16.0 Å². The highest BCUT2D eigenvalue weighted by molar-refractivity contribution is 5.76. The molecule has 1 heterocycles. The fourth-order valence-electron chi connectivity index (χ4n) is 2.53. The average molecular weight is 332 g/mol. The summed E-state index contributed by atoms with van der Waals surface area (Å²) in [7, 11) is 1.71. The molecule has 0 aromatic heterocycles. The molecular formula is C19H28N2O3. The molecule has 24 heavy (non-hydrogen) atoms. The van der Waals surface area contributed by atoms with Gasteiger partial charge in [0.1, 0.15) is 5.75 Å². The van der Waals surface area contributed by atoms with Crippen molar-refractivity contribution < 1.29 is 14.3 Å². The summed E-state index contributed by atoms with van der Waals surface area (Å²) in [5.41, 5.74) is 2.54. The summed E-state index contributed by atoms with van der Waals surface area (Å²) in [6.07, 6.45) is 5.30. The number of hydrogen-bond donors (Lipinski definition) is 2. The Labute approximate surface area is 144 Å². The Morgan fingerprint density at radius 3 is 2.79 bits per heavy atom. The Hall–Kier alpha value is -1.85. The van der Waals surface area contributed by atoms with Gasteiger partial charge in [0.05, 0.1) is 13.2 Å². The zero-order valence-electron chi connectivity index (χ0n) is 14.5. The van der Waals surface area contributed by atoms with E-state index < -0.39 is 0 Å². The number of carbonyl (C=O) groups excluding carboxylic acids is 1. The van der Waals surface area contributed by atoms with Gasteiger partial charge in [0.15, 0.2) is 0 Å². The van der Waals surface area contributed by atoms with Crippen molar-refractivity contribution in [3.8, 4) is 5.75 Å². The summed E-state index contributed by atoms with van der Waals surface area (Å²) < 4.78 is 10.7. The smallest absolute Gasteiger partial charge is 0.220 e. The van der Waals surface area contributed by atoms with Crippen LogP contribution < -0.4 is 15.4 Å². The van der Waals surface area contributed by atoms with Gasteiger partial charge in [-0.25, -0.2) is 0 Å². The van der Waals surface area contributed by atoms with Gasteiger partial charge in [0.25, 0.3) is 0 Å². The lowest BCUT2D eigenvalue weighted by molar-refractivity contribution is -0.121. The molecule has 0 fully saturated rings. The molecule has 1 aliphatic rings. The predicted molar refractivity (Wildman–Crippen MR) is 95.3 cm³/mol. The molecule has 0 radical (unpaired) electrons. The van der Waals surface area contributed by atoms with Crippen LogP contribution in [0.4, 0.5) is 0 Å². The Morgan fingerprint density at radius 1 is 1.25 bits per heavy atom. The van der Waals surface area contributed by atoms with Crippen molar-refractivity contribution in [3.63, 3.8) is 0 Å². The number of carbonyl (C=O) groups is 1. The van der Waals surface area contributed by atoms with Crippen LogP contribution in [0.15, 0.2) is 35.9 Å². The summed E-state index contributed by atoms with van der Waals surface area (Å²) in [6.45, 7) is 3.85. The molecule has 132 valence electrons. The van der Waals surface area contributed by atoms with E-state index in [0.717, 1.165) is 44.7 Å². The summed E-state index contributed by atoms with van der Waals surface area (Å²) in [5, 5.41) is 6.24. The van der Waals surface area contributed by atoms with Crippen LogP contribution in [0.25, 0.3) is 0 Å². The number of methoxy groups -OCH3 is 1. The van der Waals surface area contributed by atoms with E-state index in [-0.39, 0.29) is 5.91 Å². The molecule has 0 unspecified atom stereocenters. The molecule has 5 nitrogen and oxygen atoms in total. The molecule has 0 aliphatic carbocycles. The molecule has 1 amide bonds. The number of hydrogen-bond acceptors (Lipinski definition) is 4. The second-order valence-corrected chi connectivity index (χ2v) is 5.93. The van der Waals surface area contributed by atoms with Crippen molar-refractivity contribution in [2.75, 3.05) is 40.0 Å². The summed E-state index contributed by atoms with van der Waals surface area (Å²) in [4.78, 5) is 11.8. The van der Waals surface area contributed by atoms with E-state index in [1.165, 1.54) is 11.1 Å². The molecule has 2 N–H and O–H groups in total. The van der Waals surface area contributed by atoms with Gasteiger partial charge in [0, 0.05) is 26.6 Å². The largest absolute Gasteiger partial charge is 0.494 e. The molecule has 1 aliphatic heterocycles. The van der Waals surface area contributed by atoms with Crippen LogP contribution in [0.1, 0.15) is 24.8 Å². The highest BCUT2D eigenvalue weighted by Gasteiger charge is 2.06. The number of rotatable bonds is 10. The van der Waals surface area contributed by atoms with Gasteiger partial charge < -0.3 is 20.1 Å². The number of nitrogens with one attached hydrogen (secondary N) is 2. The SMILES string of the molecule is COCCc1ccc(OCCCC(=O)NCC2=CCNCC2)cc1. The molecule has 2 rings (SSSR count). The molecule has 0 saturated carbocycles. The quantitative estimate of drug-likeness (QED) is 0.509. The zero-order valence-corrected chi connectivity index (χ0v) is 14.5. The lowest BCUT2D eigenvalue weighted by Gasteiger charge is -2.14. The number of ether oxygens (including phenoxy) is 2. The van der Waals surface area contributed by atoms with E-state index in [4.69, 9.17) is 9.47 Å². The van der Waals surface area contributed by atoms with Crippen LogP contribution in [0.3, 0.4) is 0 Å². The Bertz CT molecular complexity index is 526. The Kier molecular flexibility index (Phi) is 8.35.